The lowest BCUT2D eigenvalue weighted by atomic mass is 9.64. The Labute approximate surface area is 294 Å². The molecule has 1 heterocycles. The standard InChI is InChI=1S/C49H36O/c1-48(35-16-4-2-5-17-35)42-24-12-13-25-44(42)50-45-26-14-22-39(47(45)48)34-27-30-37(31-28-34)49(36-18-6-3-7-19-36)41-23-11-10-21-40(41)46-38-20-9-8-15-33(38)29-32-43(46)49/h2-33,38H,1H3. The summed E-state index contributed by atoms with van der Waals surface area (Å²) < 4.78 is 6.65. The number of fused-ring (bicyclic) bond motifs is 6. The molecule has 0 bridgehead atoms. The van der Waals surface area contributed by atoms with Crippen LogP contribution in [0.5, 0.6) is 11.5 Å². The minimum absolute atomic E-state index is 0.320. The SMILES string of the molecule is CC1(c2ccccc2)c2ccccc2Oc2cccc(-c3ccc(C4(c5ccccc5)C5=C(c6ccccc64)C4C=CC=CC4C=C5)cc3)c21. The van der Waals surface area contributed by atoms with Crippen molar-refractivity contribution in [3.05, 3.63) is 233 Å². The maximum atomic E-state index is 6.65. The van der Waals surface area contributed by atoms with Crippen molar-refractivity contribution in [3.8, 4) is 22.6 Å². The van der Waals surface area contributed by atoms with E-state index in [1.54, 1.807) is 0 Å². The molecule has 3 aliphatic carbocycles. The second-order valence-corrected chi connectivity index (χ2v) is 14.1. The number of allylic oxidation sites excluding steroid dienone is 8. The fourth-order valence-corrected chi connectivity index (χ4v) is 9.46. The Morgan fingerprint density at radius 2 is 1.12 bits per heavy atom. The van der Waals surface area contributed by atoms with Crippen LogP contribution in [-0.4, -0.2) is 0 Å². The molecule has 6 aromatic carbocycles. The van der Waals surface area contributed by atoms with Crippen molar-refractivity contribution in [2.24, 2.45) is 11.8 Å². The molecule has 10 rings (SSSR count). The number of para-hydroxylation sites is 1. The van der Waals surface area contributed by atoms with Gasteiger partial charge in [0.05, 0.1) is 10.8 Å². The zero-order valence-electron chi connectivity index (χ0n) is 28.0. The summed E-state index contributed by atoms with van der Waals surface area (Å²) in [6.45, 7) is 2.35. The predicted molar refractivity (Wildman–Crippen MR) is 204 cm³/mol. The van der Waals surface area contributed by atoms with E-state index in [0.717, 1.165) is 11.5 Å². The van der Waals surface area contributed by atoms with Crippen LogP contribution in [0.25, 0.3) is 16.7 Å². The number of hydrogen-bond acceptors (Lipinski definition) is 1. The first-order chi connectivity index (χ1) is 24.7. The molecule has 50 heavy (non-hydrogen) atoms. The quantitative estimate of drug-likeness (QED) is 0.186. The summed E-state index contributed by atoms with van der Waals surface area (Å²) in [5.74, 6) is 2.52. The summed E-state index contributed by atoms with van der Waals surface area (Å²) in [6, 6.07) is 55.5. The molecule has 0 saturated carbocycles. The summed E-state index contributed by atoms with van der Waals surface area (Å²) in [6.07, 6.45) is 14.0. The Bertz CT molecular complexity index is 2410. The average molecular weight is 641 g/mol. The molecule has 0 aromatic heterocycles. The van der Waals surface area contributed by atoms with Gasteiger partial charge in [0.2, 0.25) is 0 Å². The molecule has 4 unspecified atom stereocenters. The molecule has 0 N–H and O–H groups in total. The third-order valence-electron chi connectivity index (χ3n) is 11.7. The predicted octanol–water partition coefficient (Wildman–Crippen LogP) is 11.8. The summed E-state index contributed by atoms with van der Waals surface area (Å²) in [7, 11) is 0. The largest absolute Gasteiger partial charge is 0.457 e. The van der Waals surface area contributed by atoms with Crippen LogP contribution in [-0.2, 0) is 10.8 Å². The van der Waals surface area contributed by atoms with Crippen molar-refractivity contribution in [1.82, 2.24) is 0 Å². The van der Waals surface area contributed by atoms with E-state index in [-0.39, 0.29) is 0 Å². The zero-order chi connectivity index (χ0) is 33.3. The van der Waals surface area contributed by atoms with Gasteiger partial charge in [0.25, 0.3) is 0 Å². The first-order valence-corrected chi connectivity index (χ1v) is 17.7. The Kier molecular flexibility index (Phi) is 6.42. The number of ether oxygens (including phenoxy) is 1. The van der Waals surface area contributed by atoms with E-state index < -0.39 is 10.8 Å². The Hall–Kier alpha value is -5.92. The van der Waals surface area contributed by atoms with Gasteiger partial charge in [-0.3, -0.25) is 0 Å². The Morgan fingerprint density at radius 1 is 0.500 bits per heavy atom. The van der Waals surface area contributed by atoms with Crippen LogP contribution in [0.4, 0.5) is 0 Å². The lowest BCUT2D eigenvalue weighted by Gasteiger charge is -2.39. The van der Waals surface area contributed by atoms with Gasteiger partial charge in [-0.25, -0.2) is 0 Å². The molecule has 4 atom stereocenters. The summed E-state index contributed by atoms with van der Waals surface area (Å²) >= 11 is 0. The van der Waals surface area contributed by atoms with Gasteiger partial charge in [-0.05, 0) is 69.1 Å². The second kappa shape index (κ2) is 11.1. The van der Waals surface area contributed by atoms with E-state index in [9.17, 15) is 0 Å². The minimum atomic E-state index is -0.432. The van der Waals surface area contributed by atoms with Crippen LogP contribution >= 0.6 is 0 Å². The van der Waals surface area contributed by atoms with E-state index in [2.05, 4.69) is 195 Å². The first kappa shape index (κ1) is 29.0. The number of benzene rings is 6. The molecule has 0 spiro atoms. The Morgan fingerprint density at radius 3 is 1.92 bits per heavy atom. The van der Waals surface area contributed by atoms with Crippen molar-refractivity contribution in [2.45, 2.75) is 17.8 Å². The molecule has 1 aliphatic heterocycles. The molecular formula is C49H36O. The summed E-state index contributed by atoms with van der Waals surface area (Å²) in [5, 5.41) is 0. The van der Waals surface area contributed by atoms with Crippen LogP contribution in [0.15, 0.2) is 194 Å². The molecule has 0 saturated heterocycles. The highest BCUT2D eigenvalue weighted by molar-refractivity contribution is 5.90. The monoisotopic (exact) mass is 640 g/mol. The molecule has 0 fully saturated rings. The van der Waals surface area contributed by atoms with Crippen molar-refractivity contribution in [2.75, 3.05) is 0 Å². The summed E-state index contributed by atoms with van der Waals surface area (Å²) in [4.78, 5) is 0. The van der Waals surface area contributed by atoms with Gasteiger partial charge in [-0.2, -0.15) is 0 Å². The van der Waals surface area contributed by atoms with E-state index in [1.807, 2.05) is 0 Å². The molecule has 1 nitrogen and oxygen atoms in total. The number of hydrogen-bond donors (Lipinski definition) is 0. The van der Waals surface area contributed by atoms with E-state index >= 15 is 0 Å². The highest BCUT2D eigenvalue weighted by Crippen LogP contribution is 2.60. The lowest BCUT2D eigenvalue weighted by molar-refractivity contribution is 0.428. The molecule has 0 amide bonds. The second-order valence-electron chi connectivity index (χ2n) is 14.1. The van der Waals surface area contributed by atoms with Crippen LogP contribution in [0.3, 0.4) is 0 Å². The van der Waals surface area contributed by atoms with Crippen molar-refractivity contribution in [1.29, 1.82) is 0 Å². The fraction of sp³-hybridized carbons (Fsp3) is 0.102. The molecule has 238 valence electrons. The zero-order valence-corrected chi connectivity index (χ0v) is 28.0. The van der Waals surface area contributed by atoms with Gasteiger partial charge >= 0.3 is 0 Å². The minimum Gasteiger partial charge on any atom is -0.457 e. The number of rotatable bonds is 4. The normalized spacial score (nSPS) is 23.7. The van der Waals surface area contributed by atoms with E-state index in [4.69, 9.17) is 4.74 Å². The highest BCUT2D eigenvalue weighted by atomic mass is 16.5. The Balaban J connectivity index is 1.18. The van der Waals surface area contributed by atoms with Gasteiger partial charge < -0.3 is 4.74 Å². The summed E-state index contributed by atoms with van der Waals surface area (Å²) in [5.41, 5.74) is 13.3. The van der Waals surface area contributed by atoms with Crippen LogP contribution in [0.2, 0.25) is 0 Å². The van der Waals surface area contributed by atoms with Gasteiger partial charge in [0.15, 0.2) is 0 Å². The lowest BCUT2D eigenvalue weighted by Crippen LogP contribution is -2.30. The van der Waals surface area contributed by atoms with Crippen molar-refractivity contribution >= 4 is 5.57 Å². The molecule has 0 radical (unpaired) electrons. The highest BCUT2D eigenvalue weighted by Gasteiger charge is 2.50. The maximum absolute atomic E-state index is 6.65. The maximum Gasteiger partial charge on any atom is 0.132 e. The average Bonchev–Trinajstić information content (AvgIpc) is 3.50. The van der Waals surface area contributed by atoms with Gasteiger partial charge in [0, 0.05) is 23.0 Å². The topological polar surface area (TPSA) is 9.23 Å². The molecule has 4 aliphatic rings. The molecule has 1 heteroatoms. The van der Waals surface area contributed by atoms with E-state index in [1.165, 1.54) is 61.2 Å². The van der Waals surface area contributed by atoms with E-state index in [0.29, 0.717) is 11.8 Å². The van der Waals surface area contributed by atoms with Crippen LogP contribution in [0.1, 0.15) is 45.9 Å². The van der Waals surface area contributed by atoms with Gasteiger partial charge in [-0.1, -0.05) is 176 Å². The third-order valence-corrected chi connectivity index (χ3v) is 11.7. The molecular weight excluding hydrogens is 605 g/mol. The van der Waals surface area contributed by atoms with Crippen LogP contribution < -0.4 is 4.74 Å². The third kappa shape index (κ3) is 3.95. The first-order valence-electron chi connectivity index (χ1n) is 17.7. The fourth-order valence-electron chi connectivity index (χ4n) is 9.46. The van der Waals surface area contributed by atoms with Crippen molar-refractivity contribution in [3.63, 3.8) is 0 Å². The molecule has 6 aromatic rings. The van der Waals surface area contributed by atoms with Crippen molar-refractivity contribution < 1.29 is 4.74 Å². The van der Waals surface area contributed by atoms with Gasteiger partial charge in [0.1, 0.15) is 11.5 Å². The smallest absolute Gasteiger partial charge is 0.132 e. The van der Waals surface area contributed by atoms with Crippen LogP contribution in [0, 0.1) is 11.8 Å². The van der Waals surface area contributed by atoms with Gasteiger partial charge in [-0.15, -0.1) is 0 Å².